The number of ether oxygens (including phenoxy) is 2. The van der Waals surface area contributed by atoms with Crippen molar-refractivity contribution in [2.45, 2.75) is 33.3 Å². The Morgan fingerprint density at radius 1 is 1.45 bits per heavy atom. The van der Waals surface area contributed by atoms with Gasteiger partial charge in [-0.15, -0.1) is 0 Å². The highest BCUT2D eigenvalue weighted by atomic mass is 16.6. The van der Waals surface area contributed by atoms with E-state index in [1.54, 1.807) is 6.07 Å². The first-order valence-electron chi connectivity index (χ1n) is 6.84. The summed E-state index contributed by atoms with van der Waals surface area (Å²) in [5.41, 5.74) is 3.44. The second-order valence-electron chi connectivity index (χ2n) is 4.90. The van der Waals surface area contributed by atoms with Crippen LogP contribution in [0, 0.1) is 5.92 Å². The minimum Gasteiger partial charge on any atom is -0.485 e. The number of carbonyl (C=O) groups is 1. The highest BCUT2D eigenvalue weighted by molar-refractivity contribution is 5.87. The number of rotatable bonds is 4. The Bertz CT molecular complexity index is 514. The number of benzene rings is 1. The van der Waals surface area contributed by atoms with Crippen LogP contribution in [-0.4, -0.2) is 24.3 Å². The van der Waals surface area contributed by atoms with Crippen LogP contribution in [0.25, 0.3) is 0 Å². The van der Waals surface area contributed by atoms with Crippen LogP contribution >= 0.6 is 0 Å². The minimum absolute atomic E-state index is 0.195. The SMILES string of the molecule is CC[C@@H](C)/C(C)=N\NC(=O)[C@@H]1COc2ccccc2O1. The van der Waals surface area contributed by atoms with Crippen molar-refractivity contribution in [3.05, 3.63) is 24.3 Å². The van der Waals surface area contributed by atoms with Crippen LogP contribution in [0.1, 0.15) is 27.2 Å². The van der Waals surface area contributed by atoms with Crippen molar-refractivity contribution < 1.29 is 14.3 Å². The van der Waals surface area contributed by atoms with Crippen LogP contribution in [0.4, 0.5) is 0 Å². The third-order valence-electron chi connectivity index (χ3n) is 3.47. The highest BCUT2D eigenvalue weighted by Crippen LogP contribution is 2.30. The Balaban J connectivity index is 1.95. The lowest BCUT2D eigenvalue weighted by atomic mass is 10.1. The van der Waals surface area contributed by atoms with Crippen LogP contribution in [0.2, 0.25) is 0 Å². The monoisotopic (exact) mass is 276 g/mol. The molecule has 1 heterocycles. The topological polar surface area (TPSA) is 59.9 Å². The molecule has 0 fully saturated rings. The summed E-state index contributed by atoms with van der Waals surface area (Å²) >= 11 is 0. The molecular weight excluding hydrogens is 256 g/mol. The van der Waals surface area contributed by atoms with Gasteiger partial charge in [0.2, 0.25) is 6.10 Å². The van der Waals surface area contributed by atoms with Gasteiger partial charge >= 0.3 is 0 Å². The molecule has 108 valence electrons. The first-order chi connectivity index (χ1) is 9.61. The standard InChI is InChI=1S/C15H20N2O3/c1-4-10(2)11(3)16-17-15(18)14-9-19-12-7-5-6-8-13(12)20-14/h5-8,10,14H,4,9H2,1-3H3,(H,17,18)/b16-11-/t10-,14+/m1/s1. The fourth-order valence-electron chi connectivity index (χ4n) is 1.77. The molecule has 20 heavy (non-hydrogen) atoms. The summed E-state index contributed by atoms with van der Waals surface area (Å²) in [6.07, 6.45) is 0.320. The van der Waals surface area contributed by atoms with E-state index in [9.17, 15) is 4.79 Å². The minimum atomic E-state index is -0.668. The van der Waals surface area contributed by atoms with Gasteiger partial charge in [0.1, 0.15) is 6.61 Å². The fourth-order valence-corrected chi connectivity index (χ4v) is 1.77. The Kier molecular flexibility index (Phi) is 4.61. The van der Waals surface area contributed by atoms with Gasteiger partial charge < -0.3 is 9.47 Å². The van der Waals surface area contributed by atoms with Gasteiger partial charge in [0, 0.05) is 5.71 Å². The number of hydrogen-bond acceptors (Lipinski definition) is 4. The van der Waals surface area contributed by atoms with E-state index in [2.05, 4.69) is 24.4 Å². The molecule has 0 bridgehead atoms. The van der Waals surface area contributed by atoms with Crippen LogP contribution in [-0.2, 0) is 4.79 Å². The number of carbonyl (C=O) groups excluding carboxylic acids is 1. The molecule has 1 N–H and O–H groups in total. The van der Waals surface area contributed by atoms with Crippen molar-refractivity contribution in [1.29, 1.82) is 0 Å². The zero-order valence-electron chi connectivity index (χ0n) is 12.1. The van der Waals surface area contributed by atoms with Crippen LogP contribution in [0.5, 0.6) is 11.5 Å². The zero-order valence-corrected chi connectivity index (χ0v) is 12.1. The number of amides is 1. The van der Waals surface area contributed by atoms with Crippen molar-refractivity contribution in [3.63, 3.8) is 0 Å². The predicted octanol–water partition coefficient (Wildman–Crippen LogP) is 2.36. The number of para-hydroxylation sites is 2. The summed E-state index contributed by atoms with van der Waals surface area (Å²) in [6.45, 7) is 6.25. The lowest BCUT2D eigenvalue weighted by molar-refractivity contribution is -0.130. The van der Waals surface area contributed by atoms with Crippen molar-refractivity contribution >= 4 is 11.6 Å². The number of nitrogens with zero attached hydrogens (tertiary/aromatic N) is 1. The molecule has 0 saturated heterocycles. The molecule has 1 amide bonds. The molecule has 0 spiro atoms. The van der Waals surface area contributed by atoms with E-state index < -0.39 is 6.10 Å². The zero-order chi connectivity index (χ0) is 14.5. The van der Waals surface area contributed by atoms with E-state index in [0.29, 0.717) is 17.4 Å². The highest BCUT2D eigenvalue weighted by Gasteiger charge is 2.27. The molecule has 2 atom stereocenters. The number of nitrogens with one attached hydrogen (secondary N) is 1. The lowest BCUT2D eigenvalue weighted by Crippen LogP contribution is -2.42. The summed E-state index contributed by atoms with van der Waals surface area (Å²) in [5.74, 6) is 1.30. The van der Waals surface area contributed by atoms with Gasteiger partial charge in [-0.1, -0.05) is 26.0 Å². The number of hydrazone groups is 1. The molecule has 5 nitrogen and oxygen atoms in total. The van der Waals surface area contributed by atoms with Gasteiger partial charge in [-0.2, -0.15) is 5.10 Å². The maximum atomic E-state index is 12.0. The molecule has 2 rings (SSSR count). The van der Waals surface area contributed by atoms with E-state index >= 15 is 0 Å². The van der Waals surface area contributed by atoms with E-state index in [-0.39, 0.29) is 12.5 Å². The molecule has 1 aliphatic heterocycles. The third kappa shape index (κ3) is 3.29. The van der Waals surface area contributed by atoms with Crippen LogP contribution < -0.4 is 14.9 Å². The summed E-state index contributed by atoms with van der Waals surface area (Å²) in [4.78, 5) is 12.0. The van der Waals surface area contributed by atoms with E-state index in [1.807, 2.05) is 25.1 Å². The largest absolute Gasteiger partial charge is 0.485 e. The lowest BCUT2D eigenvalue weighted by Gasteiger charge is -2.25. The van der Waals surface area contributed by atoms with Crippen molar-refractivity contribution in [3.8, 4) is 11.5 Å². The molecule has 5 heteroatoms. The Morgan fingerprint density at radius 2 is 2.15 bits per heavy atom. The molecule has 1 aromatic carbocycles. The quantitative estimate of drug-likeness (QED) is 0.678. The van der Waals surface area contributed by atoms with Gasteiger partial charge in [-0.3, -0.25) is 4.79 Å². The summed E-state index contributed by atoms with van der Waals surface area (Å²) < 4.78 is 11.1. The third-order valence-corrected chi connectivity index (χ3v) is 3.47. The smallest absolute Gasteiger partial charge is 0.284 e. The maximum absolute atomic E-state index is 12.0. The molecule has 0 aromatic heterocycles. The molecule has 1 aliphatic rings. The molecule has 1 aromatic rings. The molecular formula is C15H20N2O3. The van der Waals surface area contributed by atoms with Gasteiger partial charge in [0.15, 0.2) is 11.5 Å². The Labute approximate surface area is 119 Å². The van der Waals surface area contributed by atoms with E-state index in [0.717, 1.165) is 12.1 Å². The maximum Gasteiger partial charge on any atom is 0.284 e. The van der Waals surface area contributed by atoms with Crippen LogP contribution in [0.15, 0.2) is 29.4 Å². The predicted molar refractivity (Wildman–Crippen MR) is 77.1 cm³/mol. The van der Waals surface area contributed by atoms with Crippen molar-refractivity contribution in [2.75, 3.05) is 6.61 Å². The molecule has 0 unspecified atom stereocenters. The average Bonchev–Trinajstić information content (AvgIpc) is 2.50. The van der Waals surface area contributed by atoms with Gasteiger partial charge in [-0.05, 0) is 31.4 Å². The summed E-state index contributed by atoms with van der Waals surface area (Å²) in [6, 6.07) is 7.30. The van der Waals surface area contributed by atoms with Crippen molar-refractivity contribution in [1.82, 2.24) is 5.43 Å². The first-order valence-corrected chi connectivity index (χ1v) is 6.84. The van der Waals surface area contributed by atoms with Gasteiger partial charge in [0.05, 0.1) is 0 Å². The first kappa shape index (κ1) is 14.4. The summed E-state index contributed by atoms with van der Waals surface area (Å²) in [7, 11) is 0. The molecule has 0 saturated carbocycles. The molecule has 0 aliphatic carbocycles. The van der Waals surface area contributed by atoms with Crippen molar-refractivity contribution in [2.24, 2.45) is 11.0 Å². The Morgan fingerprint density at radius 3 is 2.85 bits per heavy atom. The van der Waals surface area contributed by atoms with E-state index in [4.69, 9.17) is 9.47 Å². The summed E-state index contributed by atoms with van der Waals surface area (Å²) in [5, 5.41) is 4.11. The van der Waals surface area contributed by atoms with Gasteiger partial charge in [-0.25, -0.2) is 5.43 Å². The number of fused-ring (bicyclic) bond motifs is 1. The van der Waals surface area contributed by atoms with Gasteiger partial charge in [0.25, 0.3) is 5.91 Å². The second-order valence-corrected chi connectivity index (χ2v) is 4.90. The van der Waals surface area contributed by atoms with Crippen LogP contribution in [0.3, 0.4) is 0 Å². The Hall–Kier alpha value is -2.04. The molecule has 0 radical (unpaired) electrons. The number of hydrogen-bond donors (Lipinski definition) is 1. The fraction of sp³-hybridized carbons (Fsp3) is 0.467. The normalized spacial score (nSPS) is 19.4. The van der Waals surface area contributed by atoms with E-state index in [1.165, 1.54) is 0 Å². The second kappa shape index (κ2) is 6.41. The average molecular weight is 276 g/mol.